The Balaban J connectivity index is 2.34. The Bertz CT molecular complexity index is 166. The zero-order valence-corrected chi connectivity index (χ0v) is 10.6. The van der Waals surface area contributed by atoms with Crippen LogP contribution in [-0.2, 0) is 0 Å². The maximum absolute atomic E-state index is 9.88. The first-order chi connectivity index (χ1) is 7.00. The van der Waals surface area contributed by atoms with E-state index in [0.717, 1.165) is 0 Å². The zero-order chi connectivity index (χ0) is 11.3. The lowest BCUT2D eigenvalue weighted by atomic mass is 9.94. The third-order valence-electron chi connectivity index (χ3n) is 3.65. The number of hydrogen-bond donors (Lipinski definition) is 2. The van der Waals surface area contributed by atoms with E-state index in [1.54, 1.807) is 0 Å². The lowest BCUT2D eigenvalue weighted by molar-refractivity contribution is 0.0383. The highest BCUT2D eigenvalue weighted by Gasteiger charge is 2.24. The Morgan fingerprint density at radius 1 is 1.07 bits per heavy atom. The summed E-state index contributed by atoms with van der Waals surface area (Å²) in [4.78, 5) is 0. The molecule has 90 valence electrons. The Labute approximate surface area is 94.5 Å². The van der Waals surface area contributed by atoms with Crippen LogP contribution in [0.4, 0.5) is 0 Å². The van der Waals surface area contributed by atoms with Crippen molar-refractivity contribution in [2.45, 2.75) is 83.4 Å². The van der Waals surface area contributed by atoms with Crippen molar-refractivity contribution >= 4 is 0 Å². The number of hydrogen-bond acceptors (Lipinski definition) is 2. The predicted octanol–water partition coefficient (Wildman–Crippen LogP) is 2.85. The molecule has 0 amide bonds. The summed E-state index contributed by atoms with van der Waals surface area (Å²) in [5, 5.41) is 13.5. The summed E-state index contributed by atoms with van der Waals surface area (Å²) in [6.45, 7) is 5.85. The molecule has 1 aliphatic rings. The highest BCUT2D eigenvalue weighted by Crippen LogP contribution is 2.19. The van der Waals surface area contributed by atoms with Gasteiger partial charge in [-0.05, 0) is 33.6 Å². The van der Waals surface area contributed by atoms with Gasteiger partial charge in [-0.15, -0.1) is 0 Å². The van der Waals surface area contributed by atoms with Crippen molar-refractivity contribution in [3.63, 3.8) is 0 Å². The SMILES string of the molecule is CC(NC1CCCCCCC1)C(C)(C)O. The predicted molar refractivity (Wildman–Crippen MR) is 65.0 cm³/mol. The molecule has 0 heterocycles. The third-order valence-corrected chi connectivity index (χ3v) is 3.65. The zero-order valence-electron chi connectivity index (χ0n) is 10.6. The van der Waals surface area contributed by atoms with E-state index < -0.39 is 5.60 Å². The fourth-order valence-corrected chi connectivity index (χ4v) is 2.18. The lowest BCUT2D eigenvalue weighted by Crippen LogP contribution is -2.49. The van der Waals surface area contributed by atoms with Crippen molar-refractivity contribution in [1.82, 2.24) is 5.32 Å². The molecule has 0 aliphatic heterocycles. The lowest BCUT2D eigenvalue weighted by Gasteiger charge is -2.32. The van der Waals surface area contributed by atoms with Gasteiger partial charge in [0, 0.05) is 12.1 Å². The Morgan fingerprint density at radius 3 is 2.00 bits per heavy atom. The van der Waals surface area contributed by atoms with Gasteiger partial charge in [0.1, 0.15) is 0 Å². The molecule has 1 fully saturated rings. The number of nitrogens with one attached hydrogen (secondary N) is 1. The minimum atomic E-state index is -0.609. The molecule has 0 saturated heterocycles. The van der Waals surface area contributed by atoms with Gasteiger partial charge < -0.3 is 10.4 Å². The van der Waals surface area contributed by atoms with E-state index in [2.05, 4.69) is 12.2 Å². The molecule has 0 aromatic heterocycles. The van der Waals surface area contributed by atoms with E-state index in [-0.39, 0.29) is 6.04 Å². The van der Waals surface area contributed by atoms with Crippen LogP contribution in [0, 0.1) is 0 Å². The molecule has 0 radical (unpaired) electrons. The van der Waals surface area contributed by atoms with E-state index in [1.807, 2.05) is 13.8 Å². The minimum Gasteiger partial charge on any atom is -0.389 e. The van der Waals surface area contributed by atoms with Gasteiger partial charge in [-0.2, -0.15) is 0 Å². The number of rotatable bonds is 3. The van der Waals surface area contributed by atoms with Crippen LogP contribution in [0.2, 0.25) is 0 Å². The summed E-state index contributed by atoms with van der Waals surface area (Å²) < 4.78 is 0. The standard InChI is InChI=1S/C13H27NO/c1-11(13(2,3)15)14-12-9-7-5-4-6-8-10-12/h11-12,14-15H,4-10H2,1-3H3. The van der Waals surface area contributed by atoms with Crippen molar-refractivity contribution in [3.05, 3.63) is 0 Å². The van der Waals surface area contributed by atoms with E-state index in [1.165, 1.54) is 44.9 Å². The molecule has 2 heteroatoms. The van der Waals surface area contributed by atoms with Gasteiger partial charge in [0.05, 0.1) is 5.60 Å². The quantitative estimate of drug-likeness (QED) is 0.755. The normalized spacial score (nSPS) is 23.2. The average Bonchev–Trinajstić information content (AvgIpc) is 2.07. The molecule has 0 spiro atoms. The smallest absolute Gasteiger partial charge is 0.0741 e. The first kappa shape index (κ1) is 13.0. The maximum atomic E-state index is 9.88. The summed E-state index contributed by atoms with van der Waals surface area (Å²) in [6, 6.07) is 0.800. The van der Waals surface area contributed by atoms with Crippen LogP contribution >= 0.6 is 0 Å². The molecule has 2 nitrogen and oxygen atoms in total. The molecular formula is C13H27NO. The Morgan fingerprint density at radius 2 is 1.53 bits per heavy atom. The highest BCUT2D eigenvalue weighted by molar-refractivity contribution is 4.83. The number of aliphatic hydroxyl groups is 1. The van der Waals surface area contributed by atoms with Crippen molar-refractivity contribution in [3.8, 4) is 0 Å². The van der Waals surface area contributed by atoms with E-state index in [0.29, 0.717) is 6.04 Å². The minimum absolute atomic E-state index is 0.182. The van der Waals surface area contributed by atoms with Crippen molar-refractivity contribution in [2.75, 3.05) is 0 Å². The van der Waals surface area contributed by atoms with Gasteiger partial charge >= 0.3 is 0 Å². The molecule has 1 unspecified atom stereocenters. The van der Waals surface area contributed by atoms with Crippen molar-refractivity contribution < 1.29 is 5.11 Å². The first-order valence-electron chi connectivity index (χ1n) is 6.48. The van der Waals surface area contributed by atoms with E-state index >= 15 is 0 Å². The second-order valence-electron chi connectivity index (χ2n) is 5.58. The summed E-state index contributed by atoms with van der Waals surface area (Å²) >= 11 is 0. The van der Waals surface area contributed by atoms with Crippen molar-refractivity contribution in [1.29, 1.82) is 0 Å². The second-order valence-corrected chi connectivity index (χ2v) is 5.58. The Kier molecular flexibility index (Phi) is 5.07. The van der Waals surface area contributed by atoms with Crippen LogP contribution in [0.15, 0.2) is 0 Å². The van der Waals surface area contributed by atoms with E-state index in [4.69, 9.17) is 0 Å². The first-order valence-corrected chi connectivity index (χ1v) is 6.48. The largest absolute Gasteiger partial charge is 0.389 e. The molecule has 2 N–H and O–H groups in total. The molecule has 0 aromatic carbocycles. The van der Waals surface area contributed by atoms with Gasteiger partial charge in [-0.3, -0.25) is 0 Å². The van der Waals surface area contributed by atoms with Gasteiger partial charge in [0.2, 0.25) is 0 Å². The van der Waals surface area contributed by atoms with Gasteiger partial charge in [-0.25, -0.2) is 0 Å². The van der Waals surface area contributed by atoms with Gasteiger partial charge in [-0.1, -0.05) is 32.1 Å². The van der Waals surface area contributed by atoms with Crippen LogP contribution in [0.1, 0.15) is 65.7 Å². The molecule has 0 bridgehead atoms. The van der Waals surface area contributed by atoms with Crippen LogP contribution in [0.5, 0.6) is 0 Å². The van der Waals surface area contributed by atoms with Crippen LogP contribution in [0.3, 0.4) is 0 Å². The summed E-state index contributed by atoms with van der Waals surface area (Å²) in [5.41, 5.74) is -0.609. The third kappa shape index (κ3) is 4.98. The molecule has 1 rings (SSSR count). The van der Waals surface area contributed by atoms with Crippen LogP contribution in [-0.4, -0.2) is 22.8 Å². The molecular weight excluding hydrogens is 186 g/mol. The fraction of sp³-hybridized carbons (Fsp3) is 1.00. The highest BCUT2D eigenvalue weighted by atomic mass is 16.3. The molecule has 0 aromatic rings. The maximum Gasteiger partial charge on any atom is 0.0741 e. The second kappa shape index (κ2) is 5.86. The summed E-state index contributed by atoms with van der Waals surface area (Å²) in [5.74, 6) is 0. The van der Waals surface area contributed by atoms with Gasteiger partial charge in [0.25, 0.3) is 0 Å². The van der Waals surface area contributed by atoms with Crippen molar-refractivity contribution in [2.24, 2.45) is 0 Å². The van der Waals surface area contributed by atoms with Crippen LogP contribution < -0.4 is 5.32 Å². The molecule has 15 heavy (non-hydrogen) atoms. The molecule has 1 atom stereocenters. The van der Waals surface area contributed by atoms with Crippen LogP contribution in [0.25, 0.3) is 0 Å². The van der Waals surface area contributed by atoms with E-state index in [9.17, 15) is 5.11 Å². The molecule has 1 saturated carbocycles. The Hall–Kier alpha value is -0.0800. The van der Waals surface area contributed by atoms with Gasteiger partial charge in [0.15, 0.2) is 0 Å². The summed E-state index contributed by atoms with van der Waals surface area (Å²) in [7, 11) is 0. The fourth-order valence-electron chi connectivity index (χ4n) is 2.18. The average molecular weight is 213 g/mol. The topological polar surface area (TPSA) is 32.3 Å². The summed E-state index contributed by atoms with van der Waals surface area (Å²) in [6.07, 6.45) is 9.42. The molecule has 1 aliphatic carbocycles. The monoisotopic (exact) mass is 213 g/mol.